The largest absolute Gasteiger partial charge is 0.326 e. The van der Waals surface area contributed by atoms with Crippen molar-refractivity contribution in [1.82, 2.24) is 9.47 Å². The van der Waals surface area contributed by atoms with Crippen molar-refractivity contribution in [2.75, 3.05) is 11.4 Å². The van der Waals surface area contributed by atoms with E-state index in [9.17, 15) is 9.59 Å². The van der Waals surface area contributed by atoms with Gasteiger partial charge in [-0.15, -0.1) is 11.3 Å². The lowest BCUT2D eigenvalue weighted by molar-refractivity contribution is -0.119. The third-order valence-corrected chi connectivity index (χ3v) is 7.53. The molecule has 6 rings (SSSR count). The number of rotatable bonds is 5. The van der Waals surface area contributed by atoms with Crippen LogP contribution >= 0.6 is 11.3 Å². The molecule has 2 aromatic heterocycles. The Labute approximate surface area is 202 Å². The molecule has 1 atom stereocenters. The van der Waals surface area contributed by atoms with Gasteiger partial charge in [0, 0.05) is 12.2 Å². The highest BCUT2D eigenvalue weighted by molar-refractivity contribution is 7.12. The standard InChI is InChI=1S/C28H25N3O2S/c1-19-10-12-20(13-11-19)27-24-8-4-16-29(24)22-6-2-3-7-23(22)31(27)26(32)18-30(21-14-15-21)28(33)25-9-5-17-34-25/h2-13,16-17,21,27H,14-15,18H2,1H3. The van der Waals surface area contributed by atoms with Gasteiger partial charge in [-0.25, -0.2) is 0 Å². The summed E-state index contributed by atoms with van der Waals surface area (Å²) in [7, 11) is 0. The molecular weight excluding hydrogens is 442 g/mol. The van der Waals surface area contributed by atoms with Crippen LogP contribution in [0.4, 0.5) is 5.69 Å². The highest BCUT2D eigenvalue weighted by Gasteiger charge is 2.40. The molecule has 3 heterocycles. The highest BCUT2D eigenvalue weighted by atomic mass is 32.1. The second kappa shape index (κ2) is 8.29. The summed E-state index contributed by atoms with van der Waals surface area (Å²) < 4.78 is 2.17. The Hall–Kier alpha value is -3.64. The van der Waals surface area contributed by atoms with Crippen molar-refractivity contribution in [3.05, 3.63) is 106 Å². The molecule has 1 aliphatic heterocycles. The maximum absolute atomic E-state index is 14.1. The smallest absolute Gasteiger partial charge is 0.264 e. The molecule has 1 unspecified atom stereocenters. The Kier molecular flexibility index (Phi) is 5.11. The number of fused-ring (bicyclic) bond motifs is 3. The van der Waals surface area contributed by atoms with E-state index in [0.717, 1.165) is 35.5 Å². The van der Waals surface area contributed by atoms with E-state index in [1.807, 2.05) is 58.9 Å². The minimum absolute atomic E-state index is 0.0496. The number of anilines is 1. The first-order valence-corrected chi connectivity index (χ1v) is 12.5. The van der Waals surface area contributed by atoms with E-state index in [-0.39, 0.29) is 30.4 Å². The van der Waals surface area contributed by atoms with Crippen molar-refractivity contribution in [3.63, 3.8) is 0 Å². The number of benzene rings is 2. The maximum atomic E-state index is 14.1. The van der Waals surface area contributed by atoms with Crippen molar-refractivity contribution < 1.29 is 9.59 Å². The Bertz CT molecular complexity index is 1350. The summed E-state index contributed by atoms with van der Waals surface area (Å²) in [5.74, 6) is -0.117. The van der Waals surface area contributed by atoms with Crippen LogP contribution in [0.25, 0.3) is 5.69 Å². The van der Waals surface area contributed by atoms with E-state index in [4.69, 9.17) is 0 Å². The van der Waals surface area contributed by atoms with Gasteiger partial charge in [-0.2, -0.15) is 0 Å². The summed E-state index contributed by atoms with van der Waals surface area (Å²) >= 11 is 1.43. The van der Waals surface area contributed by atoms with Crippen molar-refractivity contribution in [3.8, 4) is 5.69 Å². The molecule has 1 fully saturated rings. The van der Waals surface area contributed by atoms with Crippen molar-refractivity contribution in [1.29, 1.82) is 0 Å². The quantitative estimate of drug-likeness (QED) is 0.384. The van der Waals surface area contributed by atoms with Crippen LogP contribution in [-0.2, 0) is 4.79 Å². The lowest BCUT2D eigenvalue weighted by Gasteiger charge is -2.39. The molecule has 0 N–H and O–H groups in total. The zero-order valence-electron chi connectivity index (χ0n) is 18.9. The van der Waals surface area contributed by atoms with Crippen LogP contribution in [0.15, 0.2) is 84.4 Å². The van der Waals surface area contributed by atoms with Crippen LogP contribution < -0.4 is 4.90 Å². The minimum atomic E-state index is -0.268. The number of hydrogen-bond donors (Lipinski definition) is 0. The SMILES string of the molecule is Cc1ccc(C2c3cccn3-c3ccccc3N2C(=O)CN(C(=O)c2cccs2)C2CC2)cc1. The van der Waals surface area contributed by atoms with Crippen LogP contribution in [0.5, 0.6) is 0 Å². The van der Waals surface area contributed by atoms with Crippen LogP contribution in [0, 0.1) is 6.92 Å². The van der Waals surface area contributed by atoms with E-state index >= 15 is 0 Å². The Balaban J connectivity index is 1.42. The Morgan fingerprint density at radius 3 is 2.41 bits per heavy atom. The van der Waals surface area contributed by atoms with Crippen LogP contribution in [-0.4, -0.2) is 33.9 Å². The summed E-state index contributed by atoms with van der Waals surface area (Å²) in [5.41, 5.74) is 5.10. The predicted molar refractivity (Wildman–Crippen MR) is 135 cm³/mol. The summed E-state index contributed by atoms with van der Waals surface area (Å²) in [6.07, 6.45) is 3.95. The number of amides is 2. The fourth-order valence-corrected chi connectivity index (χ4v) is 5.52. The molecule has 0 spiro atoms. The number of para-hydroxylation sites is 2. The summed E-state index contributed by atoms with van der Waals surface area (Å²) in [5, 5.41) is 1.91. The van der Waals surface area contributed by atoms with Crippen LogP contribution in [0.2, 0.25) is 0 Å². The zero-order chi connectivity index (χ0) is 23.2. The molecule has 1 saturated carbocycles. The molecule has 0 saturated heterocycles. The Morgan fingerprint density at radius 2 is 1.71 bits per heavy atom. The second-order valence-electron chi connectivity index (χ2n) is 9.01. The molecule has 1 aliphatic carbocycles. The van der Waals surface area contributed by atoms with Gasteiger partial charge in [-0.1, -0.05) is 48.0 Å². The van der Waals surface area contributed by atoms with Crippen molar-refractivity contribution in [2.45, 2.75) is 31.8 Å². The van der Waals surface area contributed by atoms with Gasteiger partial charge in [0.15, 0.2) is 0 Å². The lowest BCUT2D eigenvalue weighted by atomic mass is 9.97. The number of carbonyl (C=O) groups is 2. The molecule has 5 nitrogen and oxygen atoms in total. The zero-order valence-corrected chi connectivity index (χ0v) is 19.7. The summed E-state index contributed by atoms with van der Waals surface area (Å²) in [4.78, 5) is 31.7. The number of aromatic nitrogens is 1. The summed E-state index contributed by atoms with van der Waals surface area (Å²) in [6.45, 7) is 2.13. The molecular formula is C28H25N3O2S. The summed E-state index contributed by atoms with van der Waals surface area (Å²) in [6, 6.07) is 24.1. The van der Waals surface area contributed by atoms with Gasteiger partial charge in [0.05, 0.1) is 21.9 Å². The minimum Gasteiger partial charge on any atom is -0.326 e. The monoisotopic (exact) mass is 467 g/mol. The van der Waals surface area contributed by atoms with Crippen LogP contribution in [0.3, 0.4) is 0 Å². The van der Waals surface area contributed by atoms with Gasteiger partial charge < -0.3 is 9.47 Å². The van der Waals surface area contributed by atoms with E-state index in [0.29, 0.717) is 4.88 Å². The number of aryl methyl sites for hydroxylation is 1. The molecule has 2 amide bonds. The number of hydrogen-bond acceptors (Lipinski definition) is 3. The fourth-order valence-electron chi connectivity index (χ4n) is 4.84. The van der Waals surface area contributed by atoms with Gasteiger partial charge in [0.1, 0.15) is 12.6 Å². The molecule has 6 heteroatoms. The number of thiophene rings is 1. The topological polar surface area (TPSA) is 45.6 Å². The first-order chi connectivity index (χ1) is 16.6. The molecule has 34 heavy (non-hydrogen) atoms. The van der Waals surface area contributed by atoms with E-state index in [1.54, 1.807) is 4.90 Å². The molecule has 0 bridgehead atoms. The van der Waals surface area contributed by atoms with E-state index in [1.165, 1.54) is 16.9 Å². The number of nitrogens with zero attached hydrogens (tertiary/aromatic N) is 3. The van der Waals surface area contributed by atoms with Gasteiger partial charge in [-0.3, -0.25) is 14.5 Å². The maximum Gasteiger partial charge on any atom is 0.264 e. The fraction of sp³-hybridized carbons (Fsp3) is 0.214. The first-order valence-electron chi connectivity index (χ1n) is 11.6. The Morgan fingerprint density at radius 1 is 0.941 bits per heavy atom. The lowest BCUT2D eigenvalue weighted by Crippen LogP contribution is -2.47. The molecule has 2 aliphatic rings. The third kappa shape index (κ3) is 3.55. The van der Waals surface area contributed by atoms with Crippen molar-refractivity contribution >= 4 is 28.8 Å². The molecule has 4 aromatic rings. The van der Waals surface area contributed by atoms with Gasteiger partial charge >= 0.3 is 0 Å². The molecule has 0 radical (unpaired) electrons. The third-order valence-electron chi connectivity index (χ3n) is 6.67. The van der Waals surface area contributed by atoms with Gasteiger partial charge in [0.25, 0.3) is 5.91 Å². The van der Waals surface area contributed by atoms with E-state index < -0.39 is 0 Å². The highest BCUT2D eigenvalue weighted by Crippen LogP contribution is 2.42. The number of carbonyl (C=O) groups excluding carboxylic acids is 2. The van der Waals surface area contributed by atoms with Gasteiger partial charge in [-0.05, 0) is 61.0 Å². The van der Waals surface area contributed by atoms with Gasteiger partial charge in [0.2, 0.25) is 5.91 Å². The van der Waals surface area contributed by atoms with Crippen LogP contribution in [0.1, 0.15) is 45.4 Å². The first kappa shape index (κ1) is 20.9. The molecule has 2 aromatic carbocycles. The second-order valence-corrected chi connectivity index (χ2v) is 9.96. The van der Waals surface area contributed by atoms with Crippen molar-refractivity contribution in [2.24, 2.45) is 0 Å². The average Bonchev–Trinajstić information content (AvgIpc) is 3.32. The predicted octanol–water partition coefficient (Wildman–Crippen LogP) is 5.59. The normalized spacial score (nSPS) is 16.6. The van der Waals surface area contributed by atoms with E-state index in [2.05, 4.69) is 41.8 Å². The average molecular weight is 468 g/mol. The molecule has 170 valence electrons.